The van der Waals surface area contributed by atoms with E-state index in [1.165, 1.54) is 14.2 Å². The minimum absolute atomic E-state index is 0.112. The van der Waals surface area contributed by atoms with Gasteiger partial charge in [-0.1, -0.05) is 42.5 Å². The summed E-state index contributed by atoms with van der Waals surface area (Å²) in [4.78, 5) is 13.3. The molecule has 4 aromatic carbocycles. The van der Waals surface area contributed by atoms with E-state index in [0.717, 1.165) is 5.30 Å². The van der Waals surface area contributed by atoms with Crippen LogP contribution in [-0.4, -0.2) is 19.7 Å². The third-order valence-corrected chi connectivity index (χ3v) is 5.97. The van der Waals surface area contributed by atoms with E-state index in [9.17, 15) is 4.79 Å². The second kappa shape index (κ2) is 10.7. The fourth-order valence-electron chi connectivity index (χ4n) is 3.25. The molecule has 0 radical (unpaired) electrons. The molecule has 0 fully saturated rings. The number of carbonyl (C=O) groups excluding carboxylic acids is 1. The molecule has 0 aliphatic heterocycles. The van der Waals surface area contributed by atoms with Crippen molar-refractivity contribution in [3.05, 3.63) is 103 Å². The van der Waals surface area contributed by atoms with E-state index in [4.69, 9.17) is 18.9 Å². The van der Waals surface area contributed by atoms with E-state index in [1.807, 2.05) is 72.8 Å². The molecular weight excluding hydrogens is 435 g/mol. The average molecular weight is 458 g/mol. The van der Waals surface area contributed by atoms with Gasteiger partial charge in [0.05, 0.1) is 14.2 Å². The zero-order valence-electron chi connectivity index (χ0n) is 18.3. The maximum absolute atomic E-state index is 13.3. The maximum Gasteiger partial charge on any atom is 0.193 e. The third kappa shape index (κ3) is 5.51. The second-order valence-electron chi connectivity index (χ2n) is 6.98. The Kier molecular flexibility index (Phi) is 7.23. The van der Waals surface area contributed by atoms with Gasteiger partial charge in [0.25, 0.3) is 0 Å². The molecule has 1 atom stereocenters. The van der Waals surface area contributed by atoms with Gasteiger partial charge in [0, 0.05) is 11.4 Å². The Morgan fingerprint density at radius 2 is 1.18 bits per heavy atom. The van der Waals surface area contributed by atoms with Gasteiger partial charge >= 0.3 is 0 Å². The van der Waals surface area contributed by atoms with Crippen LogP contribution in [0.5, 0.6) is 34.5 Å². The molecule has 0 spiro atoms. The molecule has 0 saturated heterocycles. The number of hydrogen-bond donors (Lipinski definition) is 0. The summed E-state index contributed by atoms with van der Waals surface area (Å²) in [5.41, 5.74) is 0.301. The van der Waals surface area contributed by atoms with Gasteiger partial charge in [-0.2, -0.15) is 0 Å². The summed E-state index contributed by atoms with van der Waals surface area (Å²) in [6.07, 6.45) is 0. The van der Waals surface area contributed by atoms with E-state index in [-0.39, 0.29) is 14.1 Å². The normalized spacial score (nSPS) is 10.7. The largest absolute Gasteiger partial charge is 0.496 e. The van der Waals surface area contributed by atoms with Crippen LogP contribution in [0.4, 0.5) is 0 Å². The summed E-state index contributed by atoms with van der Waals surface area (Å²) in [5.74, 6) is 3.50. The van der Waals surface area contributed by atoms with Crippen LogP contribution in [0.2, 0.25) is 0 Å². The van der Waals surface area contributed by atoms with Gasteiger partial charge in [-0.05, 0) is 57.1 Å². The molecule has 33 heavy (non-hydrogen) atoms. The molecule has 0 N–H and O–H groups in total. The van der Waals surface area contributed by atoms with E-state index >= 15 is 0 Å². The third-order valence-electron chi connectivity index (χ3n) is 4.81. The summed E-state index contributed by atoms with van der Waals surface area (Å²) in [7, 11) is 2.86. The molecule has 0 aliphatic carbocycles. The predicted molar refractivity (Wildman–Crippen MR) is 131 cm³/mol. The van der Waals surface area contributed by atoms with Gasteiger partial charge in [-0.3, -0.25) is 4.79 Å². The summed E-state index contributed by atoms with van der Waals surface area (Å²) in [5, 5.41) is 0.747. The molecule has 1 unspecified atom stereocenters. The fraction of sp³-hybridized carbons (Fsp3) is 0.0741. The van der Waals surface area contributed by atoms with Crippen molar-refractivity contribution < 1.29 is 23.7 Å². The highest BCUT2D eigenvalue weighted by molar-refractivity contribution is 7.66. The molecule has 4 aromatic rings. The number of methoxy groups -OCH3 is 2. The van der Waals surface area contributed by atoms with Crippen LogP contribution in [0.25, 0.3) is 0 Å². The molecule has 0 heterocycles. The molecule has 4 rings (SSSR count). The van der Waals surface area contributed by atoms with Crippen molar-refractivity contribution in [1.82, 2.24) is 0 Å². The first-order valence-electron chi connectivity index (χ1n) is 10.3. The van der Waals surface area contributed by atoms with Gasteiger partial charge in [0.2, 0.25) is 0 Å². The van der Waals surface area contributed by atoms with E-state index in [0.29, 0.717) is 40.1 Å². The molecule has 0 aromatic heterocycles. The van der Waals surface area contributed by atoms with Gasteiger partial charge in [-0.15, -0.1) is 0 Å². The Bertz CT molecular complexity index is 1200. The molecule has 0 saturated carbocycles. The van der Waals surface area contributed by atoms with Crippen LogP contribution >= 0.6 is 8.58 Å². The summed E-state index contributed by atoms with van der Waals surface area (Å²) >= 11 is 0. The zero-order chi connectivity index (χ0) is 23.0. The van der Waals surface area contributed by atoms with Crippen LogP contribution in [0, 0.1) is 0 Å². The number of carbonyl (C=O) groups is 1. The Labute approximate surface area is 194 Å². The molecule has 6 heteroatoms. The van der Waals surface area contributed by atoms with Gasteiger partial charge in [-0.25, -0.2) is 0 Å². The Morgan fingerprint density at radius 1 is 0.606 bits per heavy atom. The van der Waals surface area contributed by atoms with Crippen molar-refractivity contribution in [3.8, 4) is 34.5 Å². The summed E-state index contributed by atoms with van der Waals surface area (Å²) in [6, 6.07) is 29.7. The first-order valence-corrected chi connectivity index (χ1v) is 11.3. The number of para-hydroxylation sites is 2. The lowest BCUT2D eigenvalue weighted by molar-refractivity contribution is 0.108. The first kappa shape index (κ1) is 22.4. The Balaban J connectivity index is 1.67. The van der Waals surface area contributed by atoms with Crippen LogP contribution < -0.4 is 24.3 Å². The van der Waals surface area contributed by atoms with Crippen molar-refractivity contribution in [2.24, 2.45) is 0 Å². The monoisotopic (exact) mass is 458 g/mol. The molecule has 5 nitrogen and oxygen atoms in total. The number of rotatable bonds is 9. The Hall–Kier alpha value is -3.82. The standard InChI is InChI=1S/C27H23O5P/c1-29-22-14-9-15-23(30-2)26(22)27(28)33-25-17-16-21(31-19-10-5-3-6-11-19)18-24(25)32-20-12-7-4-8-13-20/h3-18,33H,1-2H3. The molecule has 0 amide bonds. The lowest BCUT2D eigenvalue weighted by Crippen LogP contribution is -2.07. The van der Waals surface area contributed by atoms with E-state index in [2.05, 4.69) is 0 Å². The van der Waals surface area contributed by atoms with Gasteiger partial charge in [0.1, 0.15) is 40.1 Å². The quantitative estimate of drug-likeness (QED) is 0.271. The van der Waals surface area contributed by atoms with Crippen molar-refractivity contribution in [3.63, 3.8) is 0 Å². The SMILES string of the molecule is COc1cccc(OC)c1C(=O)Pc1ccc(Oc2ccccc2)cc1Oc1ccccc1. The fourth-order valence-corrected chi connectivity index (χ4v) is 4.28. The minimum atomic E-state index is -0.210. The van der Waals surface area contributed by atoms with E-state index < -0.39 is 0 Å². The highest BCUT2D eigenvalue weighted by Crippen LogP contribution is 2.37. The van der Waals surface area contributed by atoms with Crippen LogP contribution in [0.1, 0.15) is 10.4 Å². The number of hydrogen-bond acceptors (Lipinski definition) is 5. The van der Waals surface area contributed by atoms with Crippen LogP contribution in [0.15, 0.2) is 97.1 Å². The average Bonchev–Trinajstić information content (AvgIpc) is 2.86. The topological polar surface area (TPSA) is 54.0 Å². The molecule has 0 bridgehead atoms. The van der Waals surface area contributed by atoms with Gasteiger partial charge < -0.3 is 18.9 Å². The highest BCUT2D eigenvalue weighted by atomic mass is 31.1. The second-order valence-corrected chi connectivity index (χ2v) is 8.22. The smallest absolute Gasteiger partial charge is 0.193 e. The maximum atomic E-state index is 13.3. The highest BCUT2D eigenvalue weighted by Gasteiger charge is 2.21. The summed E-state index contributed by atoms with van der Waals surface area (Å²) in [6.45, 7) is 0. The van der Waals surface area contributed by atoms with Crippen molar-refractivity contribution in [2.45, 2.75) is 0 Å². The van der Waals surface area contributed by atoms with Crippen molar-refractivity contribution in [2.75, 3.05) is 14.2 Å². The van der Waals surface area contributed by atoms with Gasteiger partial charge in [0.15, 0.2) is 5.52 Å². The minimum Gasteiger partial charge on any atom is -0.496 e. The summed E-state index contributed by atoms with van der Waals surface area (Å²) < 4.78 is 22.9. The van der Waals surface area contributed by atoms with Crippen molar-refractivity contribution in [1.29, 1.82) is 0 Å². The van der Waals surface area contributed by atoms with Crippen molar-refractivity contribution >= 4 is 19.4 Å². The van der Waals surface area contributed by atoms with Crippen LogP contribution in [-0.2, 0) is 0 Å². The molecule has 0 aliphatic rings. The number of ether oxygens (including phenoxy) is 4. The number of benzene rings is 4. The lowest BCUT2D eigenvalue weighted by atomic mass is 10.2. The zero-order valence-corrected chi connectivity index (χ0v) is 19.3. The first-order chi connectivity index (χ1) is 16.2. The molecule has 166 valence electrons. The Morgan fingerprint density at radius 3 is 1.76 bits per heavy atom. The lowest BCUT2D eigenvalue weighted by Gasteiger charge is -2.15. The molecular formula is C27H23O5P. The van der Waals surface area contributed by atoms with E-state index in [1.54, 1.807) is 24.3 Å². The predicted octanol–water partition coefficient (Wildman–Crippen LogP) is 6.43. The van der Waals surface area contributed by atoms with Crippen LogP contribution in [0.3, 0.4) is 0 Å².